The standard InChI is InChI=1S/C22H23N5OS/c1-4-5-19-24-25-22-27(19)26-21(29-22)17-10-12-18(13-11-17)23-20(28)16-8-6-15(7-9-16)14(2)3/h6-14H,4-5H2,1-3H3,(H,23,28). The lowest BCUT2D eigenvalue weighted by molar-refractivity contribution is 0.102. The van der Waals surface area contributed by atoms with E-state index in [1.54, 1.807) is 0 Å². The van der Waals surface area contributed by atoms with Crippen LogP contribution >= 0.6 is 11.3 Å². The quantitative estimate of drug-likeness (QED) is 0.480. The van der Waals surface area contributed by atoms with Crippen LogP contribution in [0.4, 0.5) is 5.69 Å². The van der Waals surface area contributed by atoms with Crippen molar-refractivity contribution in [1.29, 1.82) is 0 Å². The Morgan fingerprint density at radius 2 is 1.79 bits per heavy atom. The fourth-order valence-corrected chi connectivity index (χ4v) is 3.94. The predicted octanol–water partition coefficient (Wildman–Crippen LogP) is 5.18. The molecule has 29 heavy (non-hydrogen) atoms. The Kier molecular flexibility index (Phi) is 5.40. The molecule has 0 radical (unpaired) electrons. The van der Waals surface area contributed by atoms with Crippen LogP contribution in [0.2, 0.25) is 0 Å². The third kappa shape index (κ3) is 4.05. The SMILES string of the molecule is CCCc1nnc2sc(-c3ccc(NC(=O)c4ccc(C(C)C)cc4)cc3)nn12. The molecule has 2 heterocycles. The zero-order valence-corrected chi connectivity index (χ0v) is 17.5. The molecule has 2 aromatic heterocycles. The molecule has 0 saturated carbocycles. The Morgan fingerprint density at radius 1 is 1.07 bits per heavy atom. The van der Waals surface area contributed by atoms with E-state index >= 15 is 0 Å². The number of hydrogen-bond acceptors (Lipinski definition) is 5. The molecule has 1 amide bonds. The summed E-state index contributed by atoms with van der Waals surface area (Å²) in [5, 5.41) is 16.9. The van der Waals surface area contributed by atoms with Gasteiger partial charge in [0.1, 0.15) is 5.01 Å². The molecule has 1 N–H and O–H groups in total. The Labute approximate surface area is 173 Å². The molecule has 0 atom stereocenters. The summed E-state index contributed by atoms with van der Waals surface area (Å²) >= 11 is 1.51. The number of benzene rings is 2. The molecule has 4 aromatic rings. The highest BCUT2D eigenvalue weighted by atomic mass is 32.1. The molecule has 6 nitrogen and oxygen atoms in total. The minimum Gasteiger partial charge on any atom is -0.322 e. The van der Waals surface area contributed by atoms with E-state index in [0.29, 0.717) is 11.5 Å². The van der Waals surface area contributed by atoms with Gasteiger partial charge in [-0.15, -0.1) is 10.2 Å². The molecule has 0 aliphatic carbocycles. The van der Waals surface area contributed by atoms with Gasteiger partial charge < -0.3 is 5.32 Å². The third-order valence-corrected chi connectivity index (χ3v) is 5.71. The molecular formula is C22H23N5OS. The minimum absolute atomic E-state index is 0.115. The van der Waals surface area contributed by atoms with E-state index in [-0.39, 0.29) is 5.91 Å². The van der Waals surface area contributed by atoms with Gasteiger partial charge in [-0.05, 0) is 54.3 Å². The van der Waals surface area contributed by atoms with Gasteiger partial charge >= 0.3 is 0 Å². The van der Waals surface area contributed by atoms with Crippen LogP contribution in [0, 0.1) is 0 Å². The summed E-state index contributed by atoms with van der Waals surface area (Å²) in [6, 6.07) is 15.5. The van der Waals surface area contributed by atoms with Crippen molar-refractivity contribution in [3.63, 3.8) is 0 Å². The molecule has 0 spiro atoms. The van der Waals surface area contributed by atoms with Crippen molar-refractivity contribution >= 4 is 27.9 Å². The maximum absolute atomic E-state index is 12.5. The van der Waals surface area contributed by atoms with Gasteiger partial charge in [-0.1, -0.05) is 44.2 Å². The highest BCUT2D eigenvalue weighted by Crippen LogP contribution is 2.27. The Balaban J connectivity index is 1.48. The second-order valence-corrected chi connectivity index (χ2v) is 8.23. The van der Waals surface area contributed by atoms with Gasteiger partial charge in [-0.25, -0.2) is 0 Å². The van der Waals surface area contributed by atoms with Gasteiger partial charge in [0.05, 0.1) is 0 Å². The van der Waals surface area contributed by atoms with Gasteiger partial charge in [0.15, 0.2) is 5.82 Å². The fraction of sp³-hybridized carbons (Fsp3) is 0.273. The van der Waals surface area contributed by atoms with Crippen LogP contribution in [0.5, 0.6) is 0 Å². The van der Waals surface area contributed by atoms with E-state index in [1.807, 2.05) is 53.0 Å². The number of amides is 1. The molecule has 148 valence electrons. The van der Waals surface area contributed by atoms with E-state index in [0.717, 1.165) is 39.9 Å². The van der Waals surface area contributed by atoms with Crippen LogP contribution in [0.15, 0.2) is 48.5 Å². The number of aromatic nitrogens is 4. The predicted molar refractivity (Wildman–Crippen MR) is 117 cm³/mol. The number of nitrogens with one attached hydrogen (secondary N) is 1. The highest BCUT2D eigenvalue weighted by molar-refractivity contribution is 7.19. The van der Waals surface area contributed by atoms with Gasteiger partial charge in [0.25, 0.3) is 5.91 Å². The average Bonchev–Trinajstić information content (AvgIpc) is 3.31. The summed E-state index contributed by atoms with van der Waals surface area (Å²) in [7, 11) is 0. The fourth-order valence-electron chi connectivity index (χ4n) is 3.07. The first-order chi connectivity index (χ1) is 14.0. The number of hydrogen-bond donors (Lipinski definition) is 1. The highest BCUT2D eigenvalue weighted by Gasteiger charge is 2.13. The number of carbonyl (C=O) groups excluding carboxylic acids is 1. The van der Waals surface area contributed by atoms with Crippen LogP contribution < -0.4 is 5.32 Å². The lowest BCUT2D eigenvalue weighted by atomic mass is 10.0. The van der Waals surface area contributed by atoms with Crippen LogP contribution in [0.25, 0.3) is 15.5 Å². The van der Waals surface area contributed by atoms with Crippen molar-refractivity contribution in [3.8, 4) is 10.6 Å². The van der Waals surface area contributed by atoms with Crippen LogP contribution in [0.1, 0.15) is 54.9 Å². The zero-order valence-electron chi connectivity index (χ0n) is 16.7. The summed E-state index contributed by atoms with van der Waals surface area (Å²) in [4.78, 5) is 13.3. The minimum atomic E-state index is -0.115. The summed E-state index contributed by atoms with van der Waals surface area (Å²) < 4.78 is 1.82. The third-order valence-electron chi connectivity index (χ3n) is 4.76. The molecule has 2 aromatic carbocycles. The average molecular weight is 406 g/mol. The van der Waals surface area contributed by atoms with Gasteiger partial charge in [-0.3, -0.25) is 4.79 Å². The lowest BCUT2D eigenvalue weighted by Crippen LogP contribution is -2.11. The van der Waals surface area contributed by atoms with E-state index in [9.17, 15) is 4.79 Å². The van der Waals surface area contributed by atoms with Crippen LogP contribution in [-0.4, -0.2) is 25.7 Å². The van der Waals surface area contributed by atoms with Crippen molar-refractivity contribution in [1.82, 2.24) is 19.8 Å². The molecule has 4 rings (SSSR count). The monoisotopic (exact) mass is 405 g/mol. The molecule has 0 aliphatic rings. The first kappa shape index (κ1) is 19.3. The molecule has 0 fully saturated rings. The number of anilines is 1. The first-order valence-electron chi connectivity index (χ1n) is 9.78. The summed E-state index contributed by atoms with van der Waals surface area (Å²) in [5.41, 5.74) is 3.61. The molecule has 0 aliphatic heterocycles. The van der Waals surface area contributed by atoms with E-state index < -0.39 is 0 Å². The van der Waals surface area contributed by atoms with E-state index in [1.165, 1.54) is 16.9 Å². The number of fused-ring (bicyclic) bond motifs is 1. The molecule has 0 bridgehead atoms. The van der Waals surface area contributed by atoms with E-state index in [4.69, 9.17) is 0 Å². The van der Waals surface area contributed by atoms with Crippen molar-refractivity contribution < 1.29 is 4.79 Å². The molecular weight excluding hydrogens is 382 g/mol. The zero-order chi connectivity index (χ0) is 20.4. The second kappa shape index (κ2) is 8.13. The maximum atomic E-state index is 12.5. The Bertz CT molecular complexity index is 1130. The summed E-state index contributed by atoms with van der Waals surface area (Å²) in [6.45, 7) is 6.38. The number of nitrogens with zero attached hydrogens (tertiary/aromatic N) is 4. The first-order valence-corrected chi connectivity index (χ1v) is 10.6. The molecule has 0 unspecified atom stereocenters. The van der Waals surface area contributed by atoms with Crippen molar-refractivity contribution in [2.45, 2.75) is 39.5 Å². The second-order valence-electron chi connectivity index (χ2n) is 7.28. The molecule has 0 saturated heterocycles. The van der Waals surface area contributed by atoms with Crippen molar-refractivity contribution in [2.24, 2.45) is 0 Å². The van der Waals surface area contributed by atoms with Crippen LogP contribution in [-0.2, 0) is 6.42 Å². The Hall–Kier alpha value is -3.06. The number of rotatable bonds is 6. The summed E-state index contributed by atoms with van der Waals surface area (Å²) in [6.07, 6.45) is 1.86. The number of carbonyl (C=O) groups is 1. The van der Waals surface area contributed by atoms with Gasteiger partial charge in [0, 0.05) is 23.2 Å². The van der Waals surface area contributed by atoms with E-state index in [2.05, 4.69) is 41.4 Å². The van der Waals surface area contributed by atoms with Crippen molar-refractivity contribution in [3.05, 3.63) is 65.5 Å². The lowest BCUT2D eigenvalue weighted by Gasteiger charge is -2.08. The molecule has 7 heteroatoms. The number of aryl methyl sites for hydroxylation is 1. The van der Waals surface area contributed by atoms with Gasteiger partial charge in [-0.2, -0.15) is 9.61 Å². The normalized spacial score (nSPS) is 11.3. The largest absolute Gasteiger partial charge is 0.322 e. The maximum Gasteiger partial charge on any atom is 0.255 e. The Morgan fingerprint density at radius 3 is 2.45 bits per heavy atom. The van der Waals surface area contributed by atoms with Crippen LogP contribution in [0.3, 0.4) is 0 Å². The van der Waals surface area contributed by atoms with Gasteiger partial charge in [0.2, 0.25) is 4.96 Å². The van der Waals surface area contributed by atoms with Crippen molar-refractivity contribution in [2.75, 3.05) is 5.32 Å². The topological polar surface area (TPSA) is 72.2 Å². The smallest absolute Gasteiger partial charge is 0.255 e. The summed E-state index contributed by atoms with van der Waals surface area (Å²) in [5.74, 6) is 1.22.